The van der Waals surface area contributed by atoms with Gasteiger partial charge in [0, 0.05) is 24.1 Å². The van der Waals surface area contributed by atoms with Crippen molar-refractivity contribution in [2.24, 2.45) is 0 Å². The van der Waals surface area contributed by atoms with E-state index in [1.165, 1.54) is 0 Å². The first-order chi connectivity index (χ1) is 6.74. The van der Waals surface area contributed by atoms with Crippen molar-refractivity contribution in [1.29, 1.82) is 0 Å². The Hall–Kier alpha value is -1.10. The molecule has 0 amide bonds. The van der Waals surface area contributed by atoms with Crippen molar-refractivity contribution < 1.29 is 14.6 Å². The number of fused-ring (bicyclic) bond motifs is 1. The van der Waals surface area contributed by atoms with Crippen LogP contribution in [0.2, 0.25) is 0 Å². The van der Waals surface area contributed by atoms with Gasteiger partial charge in [-0.15, -0.1) is 0 Å². The van der Waals surface area contributed by atoms with Crippen LogP contribution in [0.15, 0.2) is 6.07 Å². The molecule has 0 fully saturated rings. The Balaban J connectivity index is 2.52. The fraction of sp³-hybridized carbons (Fsp3) is 0.444. The molecule has 1 aliphatic rings. The lowest BCUT2D eigenvalue weighted by Crippen LogP contribution is -2.15. The zero-order valence-corrected chi connectivity index (χ0v) is 8.63. The highest BCUT2D eigenvalue weighted by Crippen LogP contribution is 2.31. The maximum atomic E-state index is 10.9. The highest BCUT2D eigenvalue weighted by molar-refractivity contribution is 7.98. The second-order valence-corrected chi connectivity index (χ2v) is 4.16. The third-order valence-corrected chi connectivity index (χ3v) is 3.25. The quantitative estimate of drug-likeness (QED) is 0.807. The zero-order valence-electron chi connectivity index (χ0n) is 7.82. The Morgan fingerprint density at radius 1 is 1.71 bits per heavy atom. The number of carbonyl (C=O) groups is 1. The number of nitrogens with zero attached hydrogens (tertiary/aromatic N) is 1. The topological polar surface area (TPSA) is 51.5 Å². The second-order valence-electron chi connectivity index (χ2n) is 3.05. The predicted molar refractivity (Wildman–Crippen MR) is 54.1 cm³/mol. The minimum Gasteiger partial charge on any atom is -0.495 e. The molecule has 1 N–H and O–H groups in total. The van der Waals surface area contributed by atoms with E-state index in [4.69, 9.17) is 9.84 Å². The predicted octanol–water partition coefficient (Wildman–Crippen LogP) is 1.44. The number of aromatic nitrogens is 1. The molecule has 0 unspecified atom stereocenters. The molecule has 0 saturated carbocycles. The number of hydrogen-bond acceptors (Lipinski definition) is 3. The molecular formula is C9H11NO3S. The number of carboxylic acids is 1. The molecule has 0 aromatic carbocycles. The first-order valence-electron chi connectivity index (χ1n) is 4.31. The van der Waals surface area contributed by atoms with Gasteiger partial charge in [0.15, 0.2) is 0 Å². The monoisotopic (exact) mass is 213 g/mol. The lowest BCUT2D eigenvalue weighted by atomic mass is 10.4. The summed E-state index contributed by atoms with van der Waals surface area (Å²) in [6, 6.07) is 1.60. The fourth-order valence-corrected chi connectivity index (χ4v) is 2.59. The van der Waals surface area contributed by atoms with Crippen molar-refractivity contribution in [2.45, 2.75) is 12.3 Å². The van der Waals surface area contributed by atoms with Crippen LogP contribution in [0.4, 0.5) is 0 Å². The van der Waals surface area contributed by atoms with Crippen LogP contribution in [0.3, 0.4) is 0 Å². The van der Waals surface area contributed by atoms with E-state index in [9.17, 15) is 4.79 Å². The summed E-state index contributed by atoms with van der Waals surface area (Å²) < 4.78 is 6.98. The number of hydrogen-bond donors (Lipinski definition) is 1. The Morgan fingerprint density at radius 2 is 2.50 bits per heavy atom. The van der Waals surface area contributed by atoms with Crippen molar-refractivity contribution in [2.75, 3.05) is 12.9 Å². The third-order valence-electron chi connectivity index (χ3n) is 2.31. The number of ether oxygens (including phenoxy) is 1. The molecule has 2 heterocycles. The van der Waals surface area contributed by atoms with Crippen molar-refractivity contribution in [3.63, 3.8) is 0 Å². The van der Waals surface area contributed by atoms with Crippen molar-refractivity contribution >= 4 is 17.7 Å². The number of methoxy groups -OCH3 is 1. The molecule has 76 valence electrons. The molecule has 0 atom stereocenters. The van der Waals surface area contributed by atoms with E-state index in [1.54, 1.807) is 24.9 Å². The minimum absolute atomic E-state index is 0.331. The molecule has 0 aliphatic carbocycles. The summed E-state index contributed by atoms with van der Waals surface area (Å²) in [6.45, 7) is 0.755. The lowest BCUT2D eigenvalue weighted by Gasteiger charge is -2.16. The molecule has 0 spiro atoms. The van der Waals surface area contributed by atoms with E-state index in [-0.39, 0.29) is 0 Å². The van der Waals surface area contributed by atoms with E-state index in [1.807, 2.05) is 4.57 Å². The van der Waals surface area contributed by atoms with Crippen LogP contribution >= 0.6 is 11.8 Å². The van der Waals surface area contributed by atoms with Crippen LogP contribution < -0.4 is 4.74 Å². The van der Waals surface area contributed by atoms with Gasteiger partial charge in [-0.05, 0) is 0 Å². The SMILES string of the molecule is COc1cc(C(=O)O)n2c1CSCC2. The molecule has 1 aromatic rings. The van der Waals surface area contributed by atoms with Crippen LogP contribution in [-0.4, -0.2) is 28.5 Å². The number of rotatable bonds is 2. The normalized spacial score (nSPS) is 14.9. The summed E-state index contributed by atoms with van der Waals surface area (Å²) in [5, 5.41) is 8.97. The molecule has 14 heavy (non-hydrogen) atoms. The molecule has 0 saturated heterocycles. The summed E-state index contributed by atoms with van der Waals surface area (Å²) in [7, 11) is 1.57. The van der Waals surface area contributed by atoms with Gasteiger partial charge in [-0.25, -0.2) is 4.79 Å². The lowest BCUT2D eigenvalue weighted by molar-refractivity contribution is 0.0685. The van der Waals surface area contributed by atoms with Gasteiger partial charge in [0.2, 0.25) is 0 Å². The van der Waals surface area contributed by atoms with Gasteiger partial charge in [-0.3, -0.25) is 0 Å². The van der Waals surface area contributed by atoms with Crippen LogP contribution in [0.1, 0.15) is 16.2 Å². The van der Waals surface area contributed by atoms with Gasteiger partial charge in [0.05, 0.1) is 12.8 Å². The molecule has 0 bridgehead atoms. The highest BCUT2D eigenvalue weighted by Gasteiger charge is 2.22. The van der Waals surface area contributed by atoms with Crippen molar-refractivity contribution in [3.05, 3.63) is 17.5 Å². The van der Waals surface area contributed by atoms with Gasteiger partial charge in [-0.2, -0.15) is 11.8 Å². The van der Waals surface area contributed by atoms with E-state index in [0.29, 0.717) is 11.4 Å². The average molecular weight is 213 g/mol. The minimum atomic E-state index is -0.888. The maximum absolute atomic E-state index is 10.9. The second kappa shape index (κ2) is 3.57. The third kappa shape index (κ3) is 1.37. The van der Waals surface area contributed by atoms with Gasteiger partial charge < -0.3 is 14.4 Å². The Labute approximate surface area is 85.9 Å². The standard InChI is InChI=1S/C9H11NO3S/c1-13-8-4-6(9(11)12)10-2-3-14-5-7(8)10/h4H,2-3,5H2,1H3,(H,11,12). The number of carboxylic acid groups (broad SMARTS) is 1. The van der Waals surface area contributed by atoms with Crippen LogP contribution in [0, 0.1) is 0 Å². The van der Waals surface area contributed by atoms with Crippen LogP contribution in [-0.2, 0) is 12.3 Å². The smallest absolute Gasteiger partial charge is 0.352 e. The molecule has 5 heteroatoms. The van der Waals surface area contributed by atoms with Crippen molar-refractivity contribution in [3.8, 4) is 5.75 Å². The molecule has 2 rings (SSSR count). The van der Waals surface area contributed by atoms with Crippen LogP contribution in [0.5, 0.6) is 5.75 Å². The van der Waals surface area contributed by atoms with Crippen molar-refractivity contribution in [1.82, 2.24) is 4.57 Å². The zero-order chi connectivity index (χ0) is 10.1. The molecular weight excluding hydrogens is 202 g/mol. The van der Waals surface area contributed by atoms with Gasteiger partial charge in [0.25, 0.3) is 0 Å². The van der Waals surface area contributed by atoms with Crippen LogP contribution in [0.25, 0.3) is 0 Å². The Bertz CT molecular complexity index is 372. The van der Waals surface area contributed by atoms with E-state index < -0.39 is 5.97 Å². The van der Waals surface area contributed by atoms with Gasteiger partial charge in [-0.1, -0.05) is 0 Å². The number of thioether (sulfide) groups is 1. The summed E-state index contributed by atoms with van der Waals surface area (Å²) in [5.74, 6) is 1.60. The molecule has 1 aromatic heterocycles. The molecule has 4 nitrogen and oxygen atoms in total. The Kier molecular flexibility index (Phi) is 2.41. The fourth-order valence-electron chi connectivity index (χ4n) is 1.65. The van der Waals surface area contributed by atoms with Gasteiger partial charge in [0.1, 0.15) is 11.4 Å². The van der Waals surface area contributed by atoms with Gasteiger partial charge >= 0.3 is 5.97 Å². The Morgan fingerprint density at radius 3 is 3.14 bits per heavy atom. The summed E-state index contributed by atoms with van der Waals surface area (Å²) >= 11 is 1.80. The summed E-state index contributed by atoms with van der Waals surface area (Å²) in [6.07, 6.45) is 0. The summed E-state index contributed by atoms with van der Waals surface area (Å²) in [5.41, 5.74) is 1.32. The maximum Gasteiger partial charge on any atom is 0.352 e. The molecule has 0 radical (unpaired) electrons. The number of aromatic carboxylic acids is 1. The van der Waals surface area contributed by atoms with E-state index in [0.717, 1.165) is 23.7 Å². The van der Waals surface area contributed by atoms with E-state index >= 15 is 0 Å². The highest BCUT2D eigenvalue weighted by atomic mass is 32.2. The largest absolute Gasteiger partial charge is 0.495 e. The summed E-state index contributed by atoms with van der Waals surface area (Å²) in [4.78, 5) is 10.9. The average Bonchev–Trinajstić information content (AvgIpc) is 2.56. The first kappa shape index (κ1) is 9.45. The van der Waals surface area contributed by atoms with E-state index in [2.05, 4.69) is 0 Å². The molecule has 1 aliphatic heterocycles. The first-order valence-corrected chi connectivity index (χ1v) is 5.47.